The molecule has 0 bridgehead atoms. The molecule has 71 heavy (non-hydrogen) atoms. The van der Waals surface area contributed by atoms with Gasteiger partial charge in [-0.15, -0.1) is 0 Å². The molecule has 0 aliphatic carbocycles. The van der Waals surface area contributed by atoms with Gasteiger partial charge in [0.2, 0.25) is 0 Å². The molecule has 6 heteroatoms. The summed E-state index contributed by atoms with van der Waals surface area (Å²) < 4.78 is 16.9. The van der Waals surface area contributed by atoms with E-state index in [0.717, 1.165) is 89.9 Å². The lowest BCUT2D eigenvalue weighted by atomic mass is 10.0. The van der Waals surface area contributed by atoms with Crippen molar-refractivity contribution in [1.29, 1.82) is 0 Å². The summed E-state index contributed by atoms with van der Waals surface area (Å²) in [6.07, 6.45) is 76.0. The Balaban J connectivity index is 4.39. The van der Waals surface area contributed by atoms with Crippen molar-refractivity contribution in [3.63, 3.8) is 0 Å². The second kappa shape index (κ2) is 59.4. The summed E-state index contributed by atoms with van der Waals surface area (Å²) in [5.74, 6) is -0.883. The molecular weight excluding hydrogens is 877 g/mol. The molecular formula is C65H114O6. The molecule has 0 amide bonds. The zero-order valence-corrected chi connectivity index (χ0v) is 47.0. The fraction of sp³-hybridized carbons (Fsp3) is 0.769. The van der Waals surface area contributed by atoms with Crippen LogP contribution < -0.4 is 0 Å². The minimum absolute atomic E-state index is 0.0786. The van der Waals surface area contributed by atoms with Gasteiger partial charge in [-0.3, -0.25) is 14.4 Å². The van der Waals surface area contributed by atoms with E-state index in [9.17, 15) is 14.4 Å². The summed E-state index contributed by atoms with van der Waals surface area (Å²) in [4.78, 5) is 38.3. The smallest absolute Gasteiger partial charge is 0.306 e. The van der Waals surface area contributed by atoms with Gasteiger partial charge in [0, 0.05) is 19.3 Å². The van der Waals surface area contributed by atoms with Crippen LogP contribution in [0.2, 0.25) is 0 Å². The normalized spacial score (nSPS) is 12.5. The highest BCUT2D eigenvalue weighted by Gasteiger charge is 2.19. The van der Waals surface area contributed by atoms with Crippen LogP contribution in [0.5, 0.6) is 0 Å². The highest BCUT2D eigenvalue weighted by molar-refractivity contribution is 5.71. The van der Waals surface area contributed by atoms with Crippen molar-refractivity contribution >= 4 is 17.9 Å². The molecule has 0 saturated carbocycles. The lowest BCUT2D eigenvalue weighted by Gasteiger charge is -2.18. The minimum Gasteiger partial charge on any atom is -0.462 e. The molecule has 0 spiro atoms. The van der Waals surface area contributed by atoms with E-state index in [4.69, 9.17) is 14.2 Å². The molecule has 0 rings (SSSR count). The van der Waals surface area contributed by atoms with Gasteiger partial charge in [0.1, 0.15) is 13.2 Å². The third kappa shape index (κ3) is 57.6. The number of allylic oxidation sites excluding steroid dienone is 12. The van der Waals surface area contributed by atoms with Gasteiger partial charge < -0.3 is 14.2 Å². The van der Waals surface area contributed by atoms with E-state index in [1.54, 1.807) is 0 Å². The minimum atomic E-state index is -0.783. The van der Waals surface area contributed by atoms with Crippen molar-refractivity contribution in [1.82, 2.24) is 0 Å². The highest BCUT2D eigenvalue weighted by atomic mass is 16.6. The van der Waals surface area contributed by atoms with Crippen LogP contribution in [0.25, 0.3) is 0 Å². The Hall–Kier alpha value is -3.15. The molecule has 410 valence electrons. The van der Waals surface area contributed by atoms with E-state index in [2.05, 4.69) is 93.7 Å². The van der Waals surface area contributed by atoms with E-state index in [1.165, 1.54) is 173 Å². The molecule has 0 aliphatic heterocycles. The first-order valence-electron chi connectivity index (χ1n) is 30.5. The van der Waals surface area contributed by atoms with Crippen molar-refractivity contribution in [3.05, 3.63) is 72.9 Å². The average molecular weight is 992 g/mol. The van der Waals surface area contributed by atoms with Gasteiger partial charge in [-0.2, -0.15) is 0 Å². The maximum Gasteiger partial charge on any atom is 0.306 e. The van der Waals surface area contributed by atoms with Gasteiger partial charge in [-0.25, -0.2) is 0 Å². The number of carbonyl (C=O) groups is 3. The number of esters is 3. The molecule has 0 aromatic heterocycles. The molecule has 0 aromatic carbocycles. The summed E-state index contributed by atoms with van der Waals surface area (Å²) in [6.45, 7) is 6.52. The van der Waals surface area contributed by atoms with E-state index >= 15 is 0 Å². The van der Waals surface area contributed by atoms with Crippen molar-refractivity contribution in [3.8, 4) is 0 Å². The first-order valence-corrected chi connectivity index (χ1v) is 30.5. The third-order valence-electron chi connectivity index (χ3n) is 13.2. The average Bonchev–Trinajstić information content (AvgIpc) is 3.37. The summed E-state index contributed by atoms with van der Waals surface area (Å²) >= 11 is 0. The predicted octanol–water partition coefficient (Wildman–Crippen LogP) is 20.5. The number of carbonyl (C=O) groups excluding carboxylic acids is 3. The molecule has 0 aromatic rings. The molecule has 0 saturated heterocycles. The molecule has 0 radical (unpaired) electrons. The first-order chi connectivity index (χ1) is 35.0. The van der Waals surface area contributed by atoms with Crippen LogP contribution in [0.4, 0.5) is 0 Å². The monoisotopic (exact) mass is 991 g/mol. The van der Waals surface area contributed by atoms with Crippen molar-refractivity contribution in [2.24, 2.45) is 0 Å². The molecule has 0 aliphatic rings. The Morgan fingerprint density at radius 3 is 0.972 bits per heavy atom. The number of hydrogen-bond acceptors (Lipinski definition) is 6. The number of ether oxygens (including phenoxy) is 3. The van der Waals surface area contributed by atoms with Gasteiger partial charge in [-0.05, 0) is 83.5 Å². The van der Waals surface area contributed by atoms with Crippen LogP contribution in [0.15, 0.2) is 72.9 Å². The Bertz CT molecular complexity index is 1320. The molecule has 0 fully saturated rings. The van der Waals surface area contributed by atoms with E-state index < -0.39 is 6.10 Å². The maximum absolute atomic E-state index is 12.9. The van der Waals surface area contributed by atoms with Crippen LogP contribution in [0, 0.1) is 0 Å². The second-order valence-corrected chi connectivity index (χ2v) is 20.3. The zero-order valence-electron chi connectivity index (χ0n) is 47.0. The highest BCUT2D eigenvalue weighted by Crippen LogP contribution is 2.16. The number of rotatable bonds is 55. The van der Waals surface area contributed by atoms with Gasteiger partial charge in [0.05, 0.1) is 0 Å². The van der Waals surface area contributed by atoms with Gasteiger partial charge in [0.25, 0.3) is 0 Å². The second-order valence-electron chi connectivity index (χ2n) is 20.3. The van der Waals surface area contributed by atoms with Gasteiger partial charge >= 0.3 is 17.9 Å². The standard InChI is InChI=1S/C65H114O6/c1-4-7-10-13-16-19-22-25-28-30-32-34-37-40-43-46-49-52-55-58-64(67)70-61-62(60-69-63(66)57-54-51-48-45-42-39-36-27-24-21-18-15-12-9-6-3)71-65(68)59-56-53-50-47-44-41-38-35-33-31-29-26-23-20-17-14-11-8-5-2/h7,10,16-17,19-20,23,25-26,28,32,34,62H,4-6,8-9,11-15,18,21-22,24,27,29-31,33,35-61H2,1-3H3/b10-7-,19-16-,20-17-,26-23-,28-25-,34-32-. The largest absolute Gasteiger partial charge is 0.462 e. The lowest BCUT2D eigenvalue weighted by molar-refractivity contribution is -0.167. The van der Waals surface area contributed by atoms with Gasteiger partial charge in [-0.1, -0.05) is 273 Å². The summed E-state index contributed by atoms with van der Waals surface area (Å²) in [7, 11) is 0. The molecule has 6 nitrogen and oxygen atoms in total. The third-order valence-corrected chi connectivity index (χ3v) is 13.2. The molecule has 1 atom stereocenters. The number of hydrogen-bond donors (Lipinski definition) is 0. The van der Waals surface area contributed by atoms with Crippen molar-refractivity contribution < 1.29 is 28.6 Å². The zero-order chi connectivity index (χ0) is 51.4. The molecule has 0 N–H and O–H groups in total. The lowest BCUT2D eigenvalue weighted by Crippen LogP contribution is -2.30. The molecule has 1 unspecified atom stereocenters. The Labute approximate surface area is 440 Å². The summed E-state index contributed by atoms with van der Waals surface area (Å²) in [5.41, 5.74) is 0. The quantitative estimate of drug-likeness (QED) is 0.0199. The van der Waals surface area contributed by atoms with Gasteiger partial charge in [0.15, 0.2) is 6.10 Å². The Morgan fingerprint density at radius 2 is 0.592 bits per heavy atom. The maximum atomic E-state index is 12.9. The predicted molar refractivity (Wildman–Crippen MR) is 307 cm³/mol. The van der Waals surface area contributed by atoms with Crippen LogP contribution in [-0.4, -0.2) is 37.2 Å². The SMILES string of the molecule is CC/C=C\C/C=C\C/C=C\C/C=C\CCCCCCCCC(=O)OCC(COC(=O)CCCCCCCCCCCCCCCCC)OC(=O)CCCCCCCCCCCC/C=C\C=C/CCCCC. The van der Waals surface area contributed by atoms with Crippen LogP contribution in [0.1, 0.15) is 303 Å². The summed E-state index contributed by atoms with van der Waals surface area (Å²) in [5, 5.41) is 0. The summed E-state index contributed by atoms with van der Waals surface area (Å²) in [6, 6.07) is 0. The molecule has 0 heterocycles. The first kappa shape index (κ1) is 67.8. The van der Waals surface area contributed by atoms with Crippen LogP contribution in [0.3, 0.4) is 0 Å². The Morgan fingerprint density at radius 1 is 0.310 bits per heavy atom. The van der Waals surface area contributed by atoms with Crippen LogP contribution >= 0.6 is 0 Å². The topological polar surface area (TPSA) is 78.9 Å². The van der Waals surface area contributed by atoms with Crippen LogP contribution in [-0.2, 0) is 28.6 Å². The van der Waals surface area contributed by atoms with E-state index in [0.29, 0.717) is 19.3 Å². The van der Waals surface area contributed by atoms with Crippen molar-refractivity contribution in [2.75, 3.05) is 13.2 Å². The number of unbranched alkanes of at least 4 members (excludes halogenated alkanes) is 33. The van der Waals surface area contributed by atoms with E-state index in [1.807, 2.05) is 0 Å². The van der Waals surface area contributed by atoms with E-state index in [-0.39, 0.29) is 31.1 Å². The van der Waals surface area contributed by atoms with Crippen molar-refractivity contribution in [2.45, 2.75) is 309 Å². The Kier molecular flexibility index (Phi) is 56.8. The fourth-order valence-electron chi connectivity index (χ4n) is 8.66. The fourth-order valence-corrected chi connectivity index (χ4v) is 8.66.